The van der Waals surface area contributed by atoms with E-state index in [2.05, 4.69) is 5.32 Å². The maximum absolute atomic E-state index is 12.2. The number of hydrogen-bond donors (Lipinski definition) is 2. The predicted molar refractivity (Wildman–Crippen MR) is 87.6 cm³/mol. The molecule has 2 aliphatic rings. The average Bonchev–Trinajstić information content (AvgIpc) is 2.80. The molecule has 0 radical (unpaired) electrons. The molecule has 2 aliphatic heterocycles. The molecule has 0 aliphatic carbocycles. The number of carboxylic acid groups (broad SMARTS) is 1. The zero-order chi connectivity index (χ0) is 17.5. The fourth-order valence-electron chi connectivity index (χ4n) is 3.03. The van der Waals surface area contributed by atoms with E-state index < -0.39 is 28.7 Å². The van der Waals surface area contributed by atoms with E-state index in [0.29, 0.717) is 5.75 Å². The van der Waals surface area contributed by atoms with Crippen molar-refractivity contribution in [3.63, 3.8) is 0 Å². The molecule has 2 saturated heterocycles. The van der Waals surface area contributed by atoms with E-state index in [-0.39, 0.29) is 17.9 Å². The molecule has 3 atom stereocenters. The van der Waals surface area contributed by atoms with Crippen LogP contribution < -0.4 is 10.1 Å². The number of nitrogens with one attached hydrogen (secondary N) is 1. The fourth-order valence-corrected chi connectivity index (χ4v) is 4.65. The zero-order valence-electron chi connectivity index (χ0n) is 13.3. The fraction of sp³-hybridized carbons (Fsp3) is 0.438. The van der Waals surface area contributed by atoms with E-state index in [9.17, 15) is 19.5 Å². The molecule has 2 fully saturated rings. The highest BCUT2D eigenvalue weighted by Gasteiger charge is 2.64. The topological polar surface area (TPSA) is 95.9 Å². The van der Waals surface area contributed by atoms with E-state index in [1.807, 2.05) is 6.07 Å². The lowest BCUT2D eigenvalue weighted by molar-refractivity contribution is -0.161. The number of aliphatic carboxylic acids is 1. The summed E-state index contributed by atoms with van der Waals surface area (Å²) in [5, 5.41) is 11.6. The van der Waals surface area contributed by atoms with Gasteiger partial charge in [-0.3, -0.25) is 9.59 Å². The van der Waals surface area contributed by atoms with Crippen LogP contribution in [0.25, 0.3) is 0 Å². The summed E-state index contributed by atoms with van der Waals surface area (Å²) in [7, 11) is 0. The number of carbonyl (C=O) groups excluding carboxylic acids is 2. The molecule has 2 amide bonds. The standard InChI is InChI=1S/C16H18N2O5S/c1-16(2)12(15(21)22)18-13(20)11(14(18)24-16)17-10(19)8-23-9-6-4-3-5-7-9/h3-7,11-12,14H,8H2,1-2H3,(H,17,19)(H,21,22)/t11-,12?,14+/m1/s1. The minimum absolute atomic E-state index is 0.197. The van der Waals surface area contributed by atoms with Crippen LogP contribution in [0.3, 0.4) is 0 Å². The second kappa shape index (κ2) is 6.01. The van der Waals surface area contributed by atoms with Crippen LogP contribution in [-0.2, 0) is 14.4 Å². The van der Waals surface area contributed by atoms with Gasteiger partial charge in [-0.2, -0.15) is 0 Å². The summed E-state index contributed by atoms with van der Waals surface area (Å²) in [5.74, 6) is -1.23. The maximum atomic E-state index is 12.2. The Labute approximate surface area is 143 Å². The van der Waals surface area contributed by atoms with Crippen LogP contribution in [0.4, 0.5) is 0 Å². The quantitative estimate of drug-likeness (QED) is 0.759. The van der Waals surface area contributed by atoms with Crippen LogP contribution in [0.1, 0.15) is 13.8 Å². The van der Waals surface area contributed by atoms with Gasteiger partial charge in [0, 0.05) is 4.75 Å². The van der Waals surface area contributed by atoms with Crippen LogP contribution in [0.15, 0.2) is 30.3 Å². The summed E-state index contributed by atoms with van der Waals surface area (Å²) in [6.07, 6.45) is 0. The van der Waals surface area contributed by atoms with Crippen molar-refractivity contribution in [3.8, 4) is 5.75 Å². The van der Waals surface area contributed by atoms with Crippen molar-refractivity contribution in [1.29, 1.82) is 0 Å². The summed E-state index contributed by atoms with van der Waals surface area (Å²) in [4.78, 5) is 37.0. The first kappa shape index (κ1) is 16.6. The average molecular weight is 350 g/mol. The van der Waals surface area contributed by atoms with Crippen LogP contribution in [0, 0.1) is 0 Å². The van der Waals surface area contributed by atoms with Crippen molar-refractivity contribution in [2.75, 3.05) is 6.61 Å². The minimum atomic E-state index is -1.03. The molecule has 0 saturated carbocycles. The molecule has 0 spiro atoms. The monoisotopic (exact) mass is 350 g/mol. The molecule has 1 unspecified atom stereocenters. The lowest BCUT2D eigenvalue weighted by Crippen LogP contribution is -2.70. The number of amides is 2. The molecule has 24 heavy (non-hydrogen) atoms. The summed E-state index contributed by atoms with van der Waals surface area (Å²) < 4.78 is 4.74. The van der Waals surface area contributed by atoms with Gasteiger partial charge in [0.1, 0.15) is 23.2 Å². The molecule has 2 heterocycles. The maximum Gasteiger partial charge on any atom is 0.327 e. The first-order chi connectivity index (χ1) is 11.3. The van der Waals surface area contributed by atoms with Gasteiger partial charge < -0.3 is 20.1 Å². The molecule has 3 rings (SSSR count). The zero-order valence-corrected chi connectivity index (χ0v) is 14.1. The van der Waals surface area contributed by atoms with Crippen molar-refractivity contribution in [2.24, 2.45) is 0 Å². The third kappa shape index (κ3) is 2.82. The van der Waals surface area contributed by atoms with Crippen LogP contribution in [-0.4, -0.2) is 56.6 Å². The summed E-state index contributed by atoms with van der Waals surface area (Å²) in [6, 6.07) is 7.31. The van der Waals surface area contributed by atoms with Gasteiger partial charge in [0.25, 0.3) is 5.91 Å². The molecule has 0 aromatic heterocycles. The van der Waals surface area contributed by atoms with Gasteiger partial charge in [-0.15, -0.1) is 11.8 Å². The number of β-lactam (4-membered cyclic amide) rings is 1. The molecule has 128 valence electrons. The number of fused-ring (bicyclic) bond motifs is 1. The van der Waals surface area contributed by atoms with Crippen LogP contribution >= 0.6 is 11.8 Å². The number of para-hydroxylation sites is 1. The Bertz CT molecular complexity index is 678. The van der Waals surface area contributed by atoms with E-state index in [1.165, 1.54) is 16.7 Å². The Morgan fingerprint density at radius 3 is 2.62 bits per heavy atom. The molecular weight excluding hydrogens is 332 g/mol. The van der Waals surface area contributed by atoms with Crippen LogP contribution in [0.2, 0.25) is 0 Å². The van der Waals surface area contributed by atoms with Gasteiger partial charge in [0.15, 0.2) is 6.61 Å². The summed E-state index contributed by atoms with van der Waals surface area (Å²) in [6.45, 7) is 3.38. The van der Waals surface area contributed by atoms with Crippen molar-refractivity contribution in [3.05, 3.63) is 30.3 Å². The Morgan fingerprint density at radius 2 is 2.00 bits per heavy atom. The SMILES string of the molecule is CC1(C)S[C@H]2[C@H](NC(=O)COc3ccccc3)C(=O)N2C1C(=O)O. The van der Waals surface area contributed by atoms with Crippen molar-refractivity contribution in [1.82, 2.24) is 10.2 Å². The second-order valence-electron chi connectivity index (χ2n) is 6.25. The molecule has 1 aromatic carbocycles. The Morgan fingerprint density at radius 1 is 1.33 bits per heavy atom. The van der Waals surface area contributed by atoms with Gasteiger partial charge >= 0.3 is 5.97 Å². The third-order valence-corrected chi connectivity index (χ3v) is 5.68. The highest BCUT2D eigenvalue weighted by molar-refractivity contribution is 8.01. The van der Waals surface area contributed by atoms with E-state index in [1.54, 1.807) is 38.1 Å². The number of nitrogens with zero attached hydrogens (tertiary/aromatic N) is 1. The van der Waals surface area contributed by atoms with E-state index in [0.717, 1.165) is 0 Å². The lowest BCUT2D eigenvalue weighted by Gasteiger charge is -2.43. The van der Waals surface area contributed by atoms with Crippen LogP contribution in [0.5, 0.6) is 5.75 Å². The first-order valence-electron chi connectivity index (χ1n) is 7.51. The molecular formula is C16H18N2O5S. The molecule has 7 nitrogen and oxygen atoms in total. The lowest BCUT2D eigenvalue weighted by atomic mass is 9.96. The highest BCUT2D eigenvalue weighted by atomic mass is 32.2. The van der Waals surface area contributed by atoms with Crippen molar-refractivity contribution < 1.29 is 24.2 Å². The van der Waals surface area contributed by atoms with Gasteiger partial charge in [0.2, 0.25) is 5.91 Å². The minimum Gasteiger partial charge on any atom is -0.484 e. The number of carboxylic acids is 1. The van der Waals surface area contributed by atoms with Gasteiger partial charge in [-0.25, -0.2) is 4.79 Å². The van der Waals surface area contributed by atoms with Crippen molar-refractivity contribution >= 4 is 29.5 Å². The number of benzene rings is 1. The van der Waals surface area contributed by atoms with Gasteiger partial charge in [-0.1, -0.05) is 18.2 Å². The number of rotatable bonds is 5. The number of carbonyl (C=O) groups is 3. The number of ether oxygens (including phenoxy) is 1. The van der Waals surface area contributed by atoms with Crippen molar-refractivity contribution in [2.45, 2.75) is 36.1 Å². The van der Waals surface area contributed by atoms with E-state index in [4.69, 9.17) is 4.74 Å². The second-order valence-corrected chi connectivity index (χ2v) is 8.02. The highest BCUT2D eigenvalue weighted by Crippen LogP contribution is 2.50. The molecule has 1 aromatic rings. The van der Waals surface area contributed by atoms with Gasteiger partial charge in [0.05, 0.1) is 0 Å². The number of hydrogen-bond acceptors (Lipinski definition) is 5. The molecule has 8 heteroatoms. The first-order valence-corrected chi connectivity index (χ1v) is 8.39. The Balaban J connectivity index is 1.59. The number of thioether (sulfide) groups is 1. The van der Waals surface area contributed by atoms with Gasteiger partial charge in [-0.05, 0) is 26.0 Å². The summed E-state index contributed by atoms with van der Waals surface area (Å²) in [5.41, 5.74) is 0. The van der Waals surface area contributed by atoms with E-state index >= 15 is 0 Å². The molecule has 0 bridgehead atoms. The third-order valence-electron chi connectivity index (χ3n) is 4.10. The smallest absolute Gasteiger partial charge is 0.327 e. The Kier molecular flexibility index (Phi) is 4.16. The normalized spacial score (nSPS) is 27.2. The summed E-state index contributed by atoms with van der Waals surface area (Å²) >= 11 is 1.39. The largest absolute Gasteiger partial charge is 0.484 e. The Hall–Kier alpha value is -2.22. The predicted octanol–water partition coefficient (Wildman–Crippen LogP) is 0.697. The molecule has 2 N–H and O–H groups in total.